The zero-order chi connectivity index (χ0) is 15.0. The Kier molecular flexibility index (Phi) is 3.25. The molecule has 0 aliphatic rings. The zero-order valence-corrected chi connectivity index (χ0v) is 11.8. The summed E-state index contributed by atoms with van der Waals surface area (Å²) >= 11 is 0. The monoisotopic (exact) mass is 286 g/mol. The highest BCUT2D eigenvalue weighted by Gasteiger charge is 2.13. The van der Waals surface area contributed by atoms with E-state index in [4.69, 9.17) is 4.74 Å². The van der Waals surface area contributed by atoms with Crippen LogP contribution in [-0.2, 0) is 6.54 Å². The molecule has 1 heterocycles. The number of aromatic nitrogens is 2. The van der Waals surface area contributed by atoms with E-state index in [1.54, 1.807) is 18.2 Å². The number of hydrogen-bond donors (Lipinski definition) is 1. The summed E-state index contributed by atoms with van der Waals surface area (Å²) in [6, 6.07) is 9.66. The van der Waals surface area contributed by atoms with Gasteiger partial charge in [0.05, 0.1) is 18.1 Å². The fourth-order valence-electron chi connectivity index (χ4n) is 2.47. The average molecular weight is 286 g/mol. The second-order valence-electron chi connectivity index (χ2n) is 4.70. The number of halogens is 1. The first-order chi connectivity index (χ1) is 10.1. The van der Waals surface area contributed by atoms with Crippen molar-refractivity contribution in [1.82, 2.24) is 9.55 Å². The Hall–Kier alpha value is -2.56. The van der Waals surface area contributed by atoms with E-state index in [0.29, 0.717) is 23.6 Å². The average Bonchev–Trinajstić information content (AvgIpc) is 2.84. The van der Waals surface area contributed by atoms with Crippen LogP contribution in [0.4, 0.5) is 4.39 Å². The number of aromatic hydroxyl groups is 1. The third-order valence-electron chi connectivity index (χ3n) is 3.46. The minimum absolute atomic E-state index is 0.0517. The maximum Gasteiger partial charge on any atom is 0.160 e. The van der Waals surface area contributed by atoms with Gasteiger partial charge in [0.25, 0.3) is 0 Å². The van der Waals surface area contributed by atoms with E-state index < -0.39 is 0 Å². The molecule has 0 aliphatic heterocycles. The molecule has 0 fully saturated rings. The molecule has 5 heteroatoms. The zero-order valence-electron chi connectivity index (χ0n) is 11.8. The van der Waals surface area contributed by atoms with E-state index in [1.807, 2.05) is 17.6 Å². The lowest BCUT2D eigenvalue weighted by Gasteiger charge is -2.08. The Balaban J connectivity index is 2.21. The number of phenolic OH excluding ortho intramolecular Hbond substituents is 1. The van der Waals surface area contributed by atoms with Crippen LogP contribution >= 0.6 is 0 Å². The number of methoxy groups -OCH3 is 1. The highest BCUT2D eigenvalue weighted by molar-refractivity contribution is 5.81. The molecular weight excluding hydrogens is 271 g/mol. The molecule has 0 spiro atoms. The number of phenols is 1. The van der Waals surface area contributed by atoms with Crippen LogP contribution in [0.1, 0.15) is 6.92 Å². The van der Waals surface area contributed by atoms with Crippen molar-refractivity contribution in [3.05, 3.63) is 42.2 Å². The van der Waals surface area contributed by atoms with Crippen molar-refractivity contribution in [2.45, 2.75) is 13.5 Å². The molecule has 0 aliphatic carbocycles. The predicted octanol–water partition coefficient (Wildman–Crippen LogP) is 3.58. The van der Waals surface area contributed by atoms with Gasteiger partial charge in [-0.3, -0.25) is 0 Å². The molecular formula is C16H15FN2O2. The molecule has 0 unspecified atom stereocenters. The van der Waals surface area contributed by atoms with Crippen molar-refractivity contribution in [3.63, 3.8) is 0 Å². The molecule has 2 aromatic carbocycles. The molecule has 3 aromatic rings. The summed E-state index contributed by atoms with van der Waals surface area (Å²) in [5.41, 5.74) is 2.22. The smallest absolute Gasteiger partial charge is 0.160 e. The number of fused-ring (bicyclic) bond motifs is 1. The van der Waals surface area contributed by atoms with Crippen LogP contribution in [-0.4, -0.2) is 21.8 Å². The molecule has 0 radical (unpaired) electrons. The minimum Gasteiger partial charge on any atom is -0.504 e. The Bertz CT molecular complexity index is 811. The van der Waals surface area contributed by atoms with Crippen molar-refractivity contribution in [2.24, 2.45) is 0 Å². The number of imidazole rings is 1. The van der Waals surface area contributed by atoms with Crippen molar-refractivity contribution in [1.29, 1.82) is 0 Å². The molecule has 1 aromatic heterocycles. The number of ether oxygens (including phenoxy) is 1. The normalized spacial score (nSPS) is 11.0. The first-order valence-corrected chi connectivity index (χ1v) is 6.67. The lowest BCUT2D eigenvalue weighted by molar-refractivity contribution is 0.373. The van der Waals surface area contributed by atoms with Crippen molar-refractivity contribution in [3.8, 4) is 22.9 Å². The number of rotatable bonds is 3. The maximum absolute atomic E-state index is 13.3. The summed E-state index contributed by atoms with van der Waals surface area (Å²) in [5, 5.41) is 9.91. The van der Waals surface area contributed by atoms with Gasteiger partial charge in [-0.15, -0.1) is 0 Å². The second kappa shape index (κ2) is 5.09. The number of benzene rings is 2. The first kappa shape index (κ1) is 13.4. The summed E-state index contributed by atoms with van der Waals surface area (Å²) in [4.78, 5) is 4.48. The van der Waals surface area contributed by atoms with Crippen molar-refractivity contribution < 1.29 is 14.2 Å². The highest BCUT2D eigenvalue weighted by atomic mass is 19.1. The van der Waals surface area contributed by atoms with Crippen LogP contribution in [0.25, 0.3) is 22.4 Å². The number of nitrogens with zero attached hydrogens (tertiary/aromatic N) is 2. The minimum atomic E-state index is -0.313. The van der Waals surface area contributed by atoms with Gasteiger partial charge in [-0.1, -0.05) is 0 Å². The van der Waals surface area contributed by atoms with Crippen LogP contribution in [0.15, 0.2) is 36.4 Å². The van der Waals surface area contributed by atoms with E-state index >= 15 is 0 Å². The standard InChI is InChI=1S/C16H15FN2O2/c1-3-19-13-6-5-11(17)9-12(13)18-16(19)10-4-7-15(21-2)14(20)8-10/h4-9,20H,3H2,1-2H3. The fraction of sp³-hybridized carbons (Fsp3) is 0.188. The van der Waals surface area contributed by atoms with E-state index in [-0.39, 0.29) is 11.6 Å². The second-order valence-corrected chi connectivity index (χ2v) is 4.70. The SMILES string of the molecule is CCn1c(-c2ccc(OC)c(O)c2)nc2cc(F)ccc21. The van der Waals surface area contributed by atoms with Gasteiger partial charge in [0, 0.05) is 18.2 Å². The fourth-order valence-corrected chi connectivity index (χ4v) is 2.47. The molecule has 0 bridgehead atoms. The molecule has 3 rings (SSSR count). The molecule has 21 heavy (non-hydrogen) atoms. The number of hydrogen-bond acceptors (Lipinski definition) is 3. The Morgan fingerprint density at radius 2 is 2.05 bits per heavy atom. The molecule has 4 nitrogen and oxygen atoms in total. The van der Waals surface area contributed by atoms with Crippen LogP contribution in [0.5, 0.6) is 11.5 Å². The Morgan fingerprint density at radius 1 is 1.24 bits per heavy atom. The number of aryl methyl sites for hydroxylation is 1. The maximum atomic E-state index is 13.3. The molecule has 0 amide bonds. The van der Waals surface area contributed by atoms with Gasteiger partial charge in [0.15, 0.2) is 11.5 Å². The molecule has 108 valence electrons. The van der Waals surface area contributed by atoms with Crippen LogP contribution in [0.2, 0.25) is 0 Å². The third kappa shape index (κ3) is 2.20. The summed E-state index contributed by atoms with van der Waals surface area (Å²) in [7, 11) is 1.50. The van der Waals surface area contributed by atoms with Gasteiger partial charge >= 0.3 is 0 Å². The molecule has 0 saturated carbocycles. The summed E-state index contributed by atoms with van der Waals surface area (Å²) in [5.74, 6) is 0.836. The van der Waals surface area contributed by atoms with Gasteiger partial charge in [0.1, 0.15) is 11.6 Å². The summed E-state index contributed by atoms with van der Waals surface area (Å²) in [6.45, 7) is 2.70. The lowest BCUT2D eigenvalue weighted by Crippen LogP contribution is -1.97. The van der Waals surface area contributed by atoms with E-state index in [1.165, 1.54) is 19.2 Å². The van der Waals surface area contributed by atoms with Crippen LogP contribution in [0.3, 0.4) is 0 Å². The lowest BCUT2D eigenvalue weighted by atomic mass is 10.2. The quantitative estimate of drug-likeness (QED) is 0.800. The van der Waals surface area contributed by atoms with Crippen LogP contribution < -0.4 is 4.74 Å². The molecule has 0 atom stereocenters. The van der Waals surface area contributed by atoms with Crippen LogP contribution in [0, 0.1) is 5.82 Å². The van der Waals surface area contributed by atoms with Gasteiger partial charge in [-0.25, -0.2) is 9.37 Å². The van der Waals surface area contributed by atoms with E-state index in [0.717, 1.165) is 11.1 Å². The van der Waals surface area contributed by atoms with Gasteiger partial charge in [-0.05, 0) is 37.3 Å². The predicted molar refractivity (Wildman–Crippen MR) is 79.0 cm³/mol. The largest absolute Gasteiger partial charge is 0.504 e. The van der Waals surface area contributed by atoms with Gasteiger partial charge < -0.3 is 14.4 Å². The first-order valence-electron chi connectivity index (χ1n) is 6.67. The Labute approximate surface area is 121 Å². The summed E-state index contributed by atoms with van der Waals surface area (Å²) in [6.07, 6.45) is 0. The van der Waals surface area contributed by atoms with Crippen molar-refractivity contribution >= 4 is 11.0 Å². The topological polar surface area (TPSA) is 47.3 Å². The third-order valence-corrected chi connectivity index (χ3v) is 3.46. The van der Waals surface area contributed by atoms with E-state index in [2.05, 4.69) is 4.98 Å². The van der Waals surface area contributed by atoms with Gasteiger partial charge in [0.2, 0.25) is 0 Å². The molecule has 1 N–H and O–H groups in total. The molecule has 0 saturated heterocycles. The van der Waals surface area contributed by atoms with E-state index in [9.17, 15) is 9.50 Å². The summed E-state index contributed by atoms with van der Waals surface area (Å²) < 4.78 is 20.4. The van der Waals surface area contributed by atoms with Gasteiger partial charge in [-0.2, -0.15) is 0 Å². The highest BCUT2D eigenvalue weighted by Crippen LogP contribution is 2.32. The Morgan fingerprint density at radius 3 is 2.71 bits per heavy atom. The van der Waals surface area contributed by atoms with Crippen molar-refractivity contribution in [2.75, 3.05) is 7.11 Å².